The molecular formula is C19H20N4O. The molecule has 0 spiro atoms. The normalized spacial score (nSPS) is 22.2. The van der Waals surface area contributed by atoms with Crippen molar-refractivity contribution >= 4 is 16.9 Å². The number of nitrogens with one attached hydrogen (secondary N) is 1. The van der Waals surface area contributed by atoms with Gasteiger partial charge in [-0.1, -0.05) is 24.3 Å². The number of aliphatic hydroxyl groups is 1. The number of hydrogen-bond acceptors (Lipinski definition) is 4. The van der Waals surface area contributed by atoms with E-state index in [4.69, 9.17) is 0 Å². The SMILES string of the molecule is OC1(C2CCCN2c2ncnc3[nH]ccc23)Cc2ccccc2C1. The number of aromatic amines is 1. The quantitative estimate of drug-likeness (QED) is 0.761. The number of aromatic nitrogens is 3. The lowest BCUT2D eigenvalue weighted by atomic mass is 9.89. The summed E-state index contributed by atoms with van der Waals surface area (Å²) in [7, 11) is 0. The van der Waals surface area contributed by atoms with E-state index < -0.39 is 5.60 Å². The summed E-state index contributed by atoms with van der Waals surface area (Å²) in [5, 5.41) is 12.5. The van der Waals surface area contributed by atoms with E-state index in [1.165, 1.54) is 11.1 Å². The van der Waals surface area contributed by atoms with Crippen molar-refractivity contribution in [2.24, 2.45) is 0 Å². The largest absolute Gasteiger partial charge is 0.387 e. The molecular weight excluding hydrogens is 300 g/mol. The number of H-pyrrole nitrogens is 1. The molecule has 3 heterocycles. The summed E-state index contributed by atoms with van der Waals surface area (Å²) in [6, 6.07) is 10.5. The smallest absolute Gasteiger partial charge is 0.142 e. The predicted octanol–water partition coefficient (Wildman–Crippen LogP) is 2.46. The lowest BCUT2D eigenvalue weighted by Crippen LogP contribution is -2.51. The molecule has 2 aliphatic rings. The molecule has 1 fully saturated rings. The zero-order valence-corrected chi connectivity index (χ0v) is 13.4. The van der Waals surface area contributed by atoms with Gasteiger partial charge in [0.15, 0.2) is 0 Å². The molecule has 3 aromatic rings. The lowest BCUT2D eigenvalue weighted by Gasteiger charge is -2.37. The number of benzene rings is 1. The van der Waals surface area contributed by atoms with Crippen molar-refractivity contribution < 1.29 is 5.11 Å². The van der Waals surface area contributed by atoms with Crippen LogP contribution in [0.25, 0.3) is 11.0 Å². The van der Waals surface area contributed by atoms with E-state index in [0.717, 1.165) is 49.1 Å². The van der Waals surface area contributed by atoms with Gasteiger partial charge in [0.2, 0.25) is 0 Å². The summed E-state index contributed by atoms with van der Waals surface area (Å²) in [5.74, 6) is 0.938. The molecule has 2 aromatic heterocycles. The van der Waals surface area contributed by atoms with Crippen molar-refractivity contribution in [3.8, 4) is 0 Å². The van der Waals surface area contributed by atoms with Crippen LogP contribution in [-0.4, -0.2) is 38.2 Å². The van der Waals surface area contributed by atoms with E-state index in [9.17, 15) is 5.11 Å². The molecule has 1 atom stereocenters. The van der Waals surface area contributed by atoms with Crippen molar-refractivity contribution in [2.75, 3.05) is 11.4 Å². The first-order chi connectivity index (χ1) is 11.7. The third-order valence-electron chi connectivity index (χ3n) is 5.59. The minimum atomic E-state index is -0.715. The molecule has 1 unspecified atom stereocenters. The minimum Gasteiger partial charge on any atom is -0.387 e. The maximum absolute atomic E-state index is 11.5. The molecule has 1 aliphatic carbocycles. The van der Waals surface area contributed by atoms with Gasteiger partial charge < -0.3 is 15.0 Å². The van der Waals surface area contributed by atoms with Crippen molar-refractivity contribution in [3.05, 3.63) is 54.0 Å². The summed E-state index contributed by atoms with van der Waals surface area (Å²) in [6.45, 7) is 0.931. The van der Waals surface area contributed by atoms with Crippen LogP contribution in [-0.2, 0) is 12.8 Å². The minimum absolute atomic E-state index is 0.0953. The van der Waals surface area contributed by atoms with Crippen LogP contribution >= 0.6 is 0 Å². The Bertz CT molecular complexity index is 878. The van der Waals surface area contributed by atoms with Crippen LogP contribution in [0.15, 0.2) is 42.9 Å². The van der Waals surface area contributed by atoms with Gasteiger partial charge in [0.25, 0.3) is 0 Å². The van der Waals surface area contributed by atoms with Gasteiger partial charge in [-0.3, -0.25) is 0 Å². The summed E-state index contributed by atoms with van der Waals surface area (Å²) in [5.41, 5.74) is 2.70. The number of fused-ring (bicyclic) bond motifs is 2. The van der Waals surface area contributed by atoms with Gasteiger partial charge in [-0.2, -0.15) is 0 Å². The van der Waals surface area contributed by atoms with Gasteiger partial charge in [0.1, 0.15) is 17.8 Å². The van der Waals surface area contributed by atoms with Crippen LogP contribution < -0.4 is 4.90 Å². The fourth-order valence-corrected chi connectivity index (χ4v) is 4.53. The Hall–Kier alpha value is -2.40. The third-order valence-corrected chi connectivity index (χ3v) is 5.59. The molecule has 122 valence electrons. The summed E-state index contributed by atoms with van der Waals surface area (Å²) in [6.07, 6.45) is 7.04. The van der Waals surface area contributed by atoms with Crippen LogP contribution in [0.2, 0.25) is 0 Å². The Morgan fingerprint density at radius 3 is 2.71 bits per heavy atom. The molecule has 2 N–H and O–H groups in total. The highest BCUT2D eigenvalue weighted by Gasteiger charge is 2.47. The third kappa shape index (κ3) is 1.97. The van der Waals surface area contributed by atoms with Gasteiger partial charge in [-0.25, -0.2) is 9.97 Å². The second-order valence-electron chi connectivity index (χ2n) is 7.01. The Balaban J connectivity index is 1.54. The average molecular weight is 320 g/mol. The lowest BCUT2D eigenvalue weighted by molar-refractivity contribution is 0.0257. The van der Waals surface area contributed by atoms with Gasteiger partial charge >= 0.3 is 0 Å². The fourth-order valence-electron chi connectivity index (χ4n) is 4.53. The van der Waals surface area contributed by atoms with Crippen LogP contribution in [0.1, 0.15) is 24.0 Å². The number of rotatable bonds is 2. The van der Waals surface area contributed by atoms with Crippen molar-refractivity contribution in [1.29, 1.82) is 0 Å². The van der Waals surface area contributed by atoms with Crippen LogP contribution in [0.3, 0.4) is 0 Å². The summed E-state index contributed by atoms with van der Waals surface area (Å²) in [4.78, 5) is 14.3. The molecule has 1 aliphatic heterocycles. The Kier molecular flexibility index (Phi) is 2.94. The number of hydrogen-bond donors (Lipinski definition) is 2. The predicted molar refractivity (Wildman–Crippen MR) is 93.1 cm³/mol. The monoisotopic (exact) mass is 320 g/mol. The molecule has 0 amide bonds. The van der Waals surface area contributed by atoms with Crippen molar-refractivity contribution in [3.63, 3.8) is 0 Å². The molecule has 0 radical (unpaired) electrons. The second-order valence-corrected chi connectivity index (χ2v) is 7.01. The maximum Gasteiger partial charge on any atom is 0.142 e. The van der Waals surface area contributed by atoms with E-state index in [1.54, 1.807) is 6.33 Å². The molecule has 5 nitrogen and oxygen atoms in total. The summed E-state index contributed by atoms with van der Waals surface area (Å²) < 4.78 is 0. The van der Waals surface area contributed by atoms with E-state index in [-0.39, 0.29) is 6.04 Å². The number of nitrogens with zero attached hydrogens (tertiary/aromatic N) is 3. The van der Waals surface area contributed by atoms with E-state index in [1.807, 2.05) is 12.3 Å². The first kappa shape index (κ1) is 14.0. The zero-order chi connectivity index (χ0) is 16.1. The van der Waals surface area contributed by atoms with Crippen molar-refractivity contribution in [1.82, 2.24) is 15.0 Å². The van der Waals surface area contributed by atoms with Crippen LogP contribution in [0, 0.1) is 0 Å². The van der Waals surface area contributed by atoms with Gasteiger partial charge in [-0.15, -0.1) is 0 Å². The van der Waals surface area contributed by atoms with Gasteiger partial charge in [0.05, 0.1) is 17.0 Å². The highest BCUT2D eigenvalue weighted by Crippen LogP contribution is 2.40. The Labute approximate surface area is 140 Å². The van der Waals surface area contributed by atoms with E-state index in [2.05, 4.69) is 44.1 Å². The standard InChI is InChI=1S/C19H20N4O/c24-19(10-13-4-1-2-5-14(13)11-19)16-6-3-9-23(16)18-15-7-8-20-17(15)21-12-22-18/h1-2,4-5,7-8,12,16,24H,3,6,9-11H2,(H,20,21,22). The van der Waals surface area contributed by atoms with Gasteiger partial charge in [-0.05, 0) is 30.0 Å². The van der Waals surface area contributed by atoms with Crippen LogP contribution in [0.5, 0.6) is 0 Å². The van der Waals surface area contributed by atoms with E-state index in [0.29, 0.717) is 0 Å². The van der Waals surface area contributed by atoms with Crippen molar-refractivity contribution in [2.45, 2.75) is 37.3 Å². The second kappa shape index (κ2) is 5.05. The van der Waals surface area contributed by atoms with E-state index >= 15 is 0 Å². The zero-order valence-electron chi connectivity index (χ0n) is 13.4. The molecule has 1 saturated heterocycles. The topological polar surface area (TPSA) is 65.0 Å². The number of anilines is 1. The summed E-state index contributed by atoms with van der Waals surface area (Å²) >= 11 is 0. The molecule has 0 saturated carbocycles. The van der Waals surface area contributed by atoms with Crippen LogP contribution in [0.4, 0.5) is 5.82 Å². The Morgan fingerprint density at radius 1 is 1.12 bits per heavy atom. The maximum atomic E-state index is 11.5. The fraction of sp³-hybridized carbons (Fsp3) is 0.368. The first-order valence-corrected chi connectivity index (χ1v) is 8.58. The molecule has 24 heavy (non-hydrogen) atoms. The molecule has 5 rings (SSSR count). The highest BCUT2D eigenvalue weighted by molar-refractivity contribution is 5.87. The average Bonchev–Trinajstić information content (AvgIpc) is 3.31. The highest BCUT2D eigenvalue weighted by atomic mass is 16.3. The molecule has 0 bridgehead atoms. The first-order valence-electron chi connectivity index (χ1n) is 8.58. The molecule has 5 heteroatoms. The molecule has 1 aromatic carbocycles. The van der Waals surface area contributed by atoms with Gasteiger partial charge in [0, 0.05) is 25.6 Å². The Morgan fingerprint density at radius 2 is 1.92 bits per heavy atom.